The first-order valence-corrected chi connectivity index (χ1v) is 6.11. The molecule has 0 aromatic carbocycles. The topological polar surface area (TPSA) is 43.2 Å². The van der Waals surface area contributed by atoms with Crippen LogP contribution in [0.5, 0.6) is 0 Å². The Morgan fingerprint density at radius 3 is 1.33 bits per heavy atom. The lowest BCUT2D eigenvalue weighted by molar-refractivity contribution is -0.870. The lowest BCUT2D eigenvalue weighted by Gasteiger charge is -2.22. The molecule has 0 aliphatic carbocycles. The molecule has 0 saturated heterocycles. The maximum atomic E-state index is 5.07. The molecule has 0 aliphatic heterocycles. The summed E-state index contributed by atoms with van der Waals surface area (Å²) >= 11 is 0. The van der Waals surface area contributed by atoms with Crippen LogP contribution in [-0.4, -0.2) is 90.0 Å². The van der Waals surface area contributed by atoms with Crippen LogP contribution < -0.4 is 0 Å². The molecule has 6 heteroatoms. The van der Waals surface area contributed by atoms with E-state index in [2.05, 4.69) is 52.6 Å². The van der Waals surface area contributed by atoms with Crippen LogP contribution in [0.15, 0.2) is 10.3 Å². The highest BCUT2D eigenvalue weighted by Crippen LogP contribution is 1.90. The van der Waals surface area contributed by atoms with Crippen molar-refractivity contribution >= 4 is 12.4 Å². The van der Waals surface area contributed by atoms with E-state index in [4.69, 9.17) is 9.68 Å². The zero-order valence-electron chi connectivity index (χ0n) is 12.6. The molecule has 0 radical (unpaired) electrons. The fourth-order valence-corrected chi connectivity index (χ4v) is 0.875. The first-order valence-electron chi connectivity index (χ1n) is 6.11. The second kappa shape index (κ2) is 8.05. The lowest BCUT2D eigenvalue weighted by Crippen LogP contribution is -2.37. The van der Waals surface area contributed by atoms with Gasteiger partial charge in [0.25, 0.3) is 0 Å². The molecule has 0 bridgehead atoms. The Labute approximate surface area is 111 Å². The number of oxime groups is 2. The number of nitrogens with zero attached hydrogens (tertiary/aromatic N) is 4. The molecule has 0 heterocycles. The molecule has 0 aromatic heterocycles. The first-order chi connectivity index (χ1) is 8.21. The predicted molar refractivity (Wildman–Crippen MR) is 74.7 cm³/mol. The van der Waals surface area contributed by atoms with Gasteiger partial charge in [0.1, 0.15) is 13.1 Å². The highest BCUT2D eigenvalue weighted by Gasteiger charge is 2.05. The fraction of sp³-hybridized carbons (Fsp3) is 0.833. The van der Waals surface area contributed by atoms with Crippen molar-refractivity contribution in [2.45, 2.75) is 0 Å². The highest BCUT2D eigenvalue weighted by atomic mass is 16.6. The SMILES string of the molecule is C[N+](C)(C)CCO/N=C\C=N/OCC[N+](C)(C)C. The summed E-state index contributed by atoms with van der Waals surface area (Å²) < 4.78 is 1.72. The molecule has 0 N–H and O–H groups in total. The van der Waals surface area contributed by atoms with Crippen molar-refractivity contribution in [1.29, 1.82) is 0 Å². The van der Waals surface area contributed by atoms with Crippen LogP contribution >= 0.6 is 0 Å². The van der Waals surface area contributed by atoms with Gasteiger partial charge in [-0.15, -0.1) is 0 Å². The molecule has 18 heavy (non-hydrogen) atoms. The largest absolute Gasteiger partial charge is 0.390 e. The van der Waals surface area contributed by atoms with Crippen LogP contribution in [0.1, 0.15) is 0 Å². The van der Waals surface area contributed by atoms with Gasteiger partial charge in [0, 0.05) is 0 Å². The van der Waals surface area contributed by atoms with E-state index in [1.54, 1.807) is 0 Å². The van der Waals surface area contributed by atoms with E-state index >= 15 is 0 Å². The van der Waals surface area contributed by atoms with Crippen molar-refractivity contribution in [3.05, 3.63) is 0 Å². The number of hydrogen-bond acceptors (Lipinski definition) is 4. The smallest absolute Gasteiger partial charge is 0.165 e. The summed E-state index contributed by atoms with van der Waals surface area (Å²) in [5.74, 6) is 0. The predicted octanol–water partition coefficient (Wildman–Crippen LogP) is 0.404. The molecule has 0 amide bonds. The van der Waals surface area contributed by atoms with Crippen LogP contribution in [0, 0.1) is 0 Å². The zero-order chi connectivity index (χ0) is 14.1. The van der Waals surface area contributed by atoms with Crippen molar-refractivity contribution in [2.75, 3.05) is 68.6 Å². The number of rotatable bonds is 9. The molecule has 106 valence electrons. The molecule has 6 nitrogen and oxygen atoms in total. The Kier molecular flexibility index (Phi) is 7.54. The molecule has 0 fully saturated rings. The van der Waals surface area contributed by atoms with Crippen molar-refractivity contribution in [3.63, 3.8) is 0 Å². The average Bonchev–Trinajstić information content (AvgIpc) is 2.17. The van der Waals surface area contributed by atoms with Gasteiger partial charge in [-0.05, 0) is 0 Å². The Balaban J connectivity index is 3.47. The van der Waals surface area contributed by atoms with Crippen LogP contribution in [0.25, 0.3) is 0 Å². The van der Waals surface area contributed by atoms with Gasteiger partial charge < -0.3 is 18.6 Å². The van der Waals surface area contributed by atoms with E-state index in [1.165, 1.54) is 12.4 Å². The molecule has 0 atom stereocenters. The third-order valence-corrected chi connectivity index (χ3v) is 2.04. The van der Waals surface area contributed by atoms with Gasteiger partial charge in [0.05, 0.1) is 54.7 Å². The van der Waals surface area contributed by atoms with Gasteiger partial charge in [-0.1, -0.05) is 10.3 Å². The van der Waals surface area contributed by atoms with Gasteiger partial charge >= 0.3 is 0 Å². The Bertz CT molecular complexity index is 236. The van der Waals surface area contributed by atoms with E-state index in [9.17, 15) is 0 Å². The van der Waals surface area contributed by atoms with E-state index < -0.39 is 0 Å². The van der Waals surface area contributed by atoms with Gasteiger partial charge in [-0.2, -0.15) is 0 Å². The monoisotopic (exact) mass is 260 g/mol. The zero-order valence-corrected chi connectivity index (χ0v) is 12.6. The number of likely N-dealkylation sites (N-methyl/N-ethyl adjacent to an activating group) is 2. The van der Waals surface area contributed by atoms with E-state index in [0.717, 1.165) is 22.1 Å². The highest BCUT2D eigenvalue weighted by molar-refractivity contribution is 6.15. The van der Waals surface area contributed by atoms with Crippen molar-refractivity contribution in [2.24, 2.45) is 10.3 Å². The fourth-order valence-electron chi connectivity index (χ4n) is 0.875. The summed E-state index contributed by atoms with van der Waals surface area (Å²) in [7, 11) is 12.6. The summed E-state index contributed by atoms with van der Waals surface area (Å²) in [4.78, 5) is 10.1. The van der Waals surface area contributed by atoms with Gasteiger partial charge in [-0.25, -0.2) is 0 Å². The number of hydrogen-bond donors (Lipinski definition) is 0. The summed E-state index contributed by atoms with van der Waals surface area (Å²) in [5.41, 5.74) is 0. The van der Waals surface area contributed by atoms with Crippen LogP contribution in [-0.2, 0) is 9.68 Å². The Morgan fingerprint density at radius 1 is 0.722 bits per heavy atom. The average molecular weight is 260 g/mol. The van der Waals surface area contributed by atoms with Crippen molar-refractivity contribution in [3.8, 4) is 0 Å². The van der Waals surface area contributed by atoms with Crippen LogP contribution in [0.4, 0.5) is 0 Å². The normalized spacial score (nSPS) is 13.4. The molecular weight excluding hydrogens is 232 g/mol. The summed E-state index contributed by atoms with van der Waals surface area (Å²) in [6.45, 7) is 3.01. The van der Waals surface area contributed by atoms with Crippen molar-refractivity contribution in [1.82, 2.24) is 0 Å². The Morgan fingerprint density at radius 2 is 1.06 bits per heavy atom. The quantitative estimate of drug-likeness (QED) is 0.261. The van der Waals surface area contributed by atoms with E-state index in [-0.39, 0.29) is 0 Å². The number of quaternary nitrogens is 2. The summed E-state index contributed by atoms with van der Waals surface area (Å²) in [5, 5.41) is 7.51. The lowest BCUT2D eigenvalue weighted by atomic mass is 10.5. The second-order valence-electron chi connectivity index (χ2n) is 6.20. The molecule has 0 aliphatic rings. The molecular formula is C12H28N4O2+2. The van der Waals surface area contributed by atoms with Gasteiger partial charge in [0.2, 0.25) is 0 Å². The minimum atomic E-state index is 0.593. The minimum Gasteiger partial charge on any atom is -0.390 e. The van der Waals surface area contributed by atoms with E-state index in [1.807, 2.05) is 0 Å². The maximum absolute atomic E-state index is 5.07. The van der Waals surface area contributed by atoms with Gasteiger partial charge in [-0.3, -0.25) is 0 Å². The Hall–Kier alpha value is -1.14. The standard InChI is InChI=1S/C12H28N4O2/c1-15(2,3)9-11-17-13-7-8-14-18-12-10-16(4,5)6/h7-8H,9-12H2,1-6H3/q+2/b13-7-,14-8-. The van der Waals surface area contributed by atoms with Crippen LogP contribution in [0.3, 0.4) is 0 Å². The maximum Gasteiger partial charge on any atom is 0.165 e. The first kappa shape index (κ1) is 16.9. The minimum absolute atomic E-state index is 0.593. The molecule has 0 rings (SSSR count). The summed E-state index contributed by atoms with van der Waals surface area (Å²) in [6.07, 6.45) is 2.98. The third kappa shape index (κ3) is 14.9. The van der Waals surface area contributed by atoms with E-state index in [0.29, 0.717) is 13.2 Å². The molecule has 0 aromatic rings. The molecule has 0 unspecified atom stereocenters. The van der Waals surface area contributed by atoms with Crippen molar-refractivity contribution < 1.29 is 18.6 Å². The third-order valence-electron chi connectivity index (χ3n) is 2.04. The van der Waals surface area contributed by atoms with Gasteiger partial charge in [0.15, 0.2) is 13.2 Å². The molecule has 0 saturated carbocycles. The summed E-state index contributed by atoms with van der Waals surface area (Å²) in [6, 6.07) is 0. The van der Waals surface area contributed by atoms with Crippen LogP contribution in [0.2, 0.25) is 0 Å². The molecule has 0 spiro atoms. The second-order valence-corrected chi connectivity index (χ2v) is 6.20.